The number of hydrogen-bond acceptors (Lipinski definition) is 1. The summed E-state index contributed by atoms with van der Waals surface area (Å²) in [6, 6.07) is 6.81. The van der Waals surface area contributed by atoms with Gasteiger partial charge in [0.15, 0.2) is 11.0 Å². The van der Waals surface area contributed by atoms with Crippen LogP contribution in [0.15, 0.2) is 30.3 Å². The molecule has 8 heteroatoms. The zero-order valence-electron chi connectivity index (χ0n) is 7.59. The van der Waals surface area contributed by atoms with Crippen LogP contribution in [0.1, 0.15) is 0 Å². The highest BCUT2D eigenvalue weighted by Gasteiger charge is 2.63. The highest BCUT2D eigenvalue weighted by Crippen LogP contribution is 2.38. The number of hydrogen-bond donors (Lipinski definition) is 1. The van der Waals surface area contributed by atoms with Crippen LogP contribution in [0, 0.1) is 0 Å². The summed E-state index contributed by atoms with van der Waals surface area (Å²) in [5.74, 6) is 0. The molecule has 0 aliphatic carbocycles. The normalized spacial score (nSPS) is 14.6. The van der Waals surface area contributed by atoms with Crippen molar-refractivity contribution < 1.29 is 26.2 Å². The van der Waals surface area contributed by atoms with Gasteiger partial charge < -0.3 is 0 Å². The van der Waals surface area contributed by atoms with Crippen molar-refractivity contribution in [1.29, 1.82) is 0 Å². The molecule has 0 radical (unpaired) electrons. The zero-order chi connectivity index (χ0) is 12.4. The molecule has 0 heterocycles. The van der Waals surface area contributed by atoms with Gasteiger partial charge in [-0.25, -0.2) is 4.21 Å². The third-order valence-corrected chi connectivity index (χ3v) is 2.67. The van der Waals surface area contributed by atoms with E-state index in [-0.39, 0.29) is 5.69 Å². The first-order chi connectivity index (χ1) is 7.25. The molecule has 0 aromatic heterocycles. The van der Waals surface area contributed by atoms with Crippen molar-refractivity contribution in [2.45, 2.75) is 11.4 Å². The molecule has 2 nitrogen and oxygen atoms in total. The summed E-state index contributed by atoms with van der Waals surface area (Å²) in [4.78, 5) is 0. The molecule has 0 fully saturated rings. The van der Waals surface area contributed by atoms with E-state index in [1.165, 1.54) is 30.3 Å². The van der Waals surface area contributed by atoms with Crippen LogP contribution in [-0.2, 0) is 11.0 Å². The summed E-state index contributed by atoms with van der Waals surface area (Å²) in [5, 5.41) is -5.29. The lowest BCUT2D eigenvalue weighted by atomic mass is 10.3. The van der Waals surface area contributed by atoms with Gasteiger partial charge in [-0.3, -0.25) is 4.72 Å². The van der Waals surface area contributed by atoms with Crippen molar-refractivity contribution in [2.75, 3.05) is 4.72 Å². The quantitative estimate of drug-likeness (QED) is 0.831. The van der Waals surface area contributed by atoms with E-state index >= 15 is 0 Å². The first-order valence-corrected chi connectivity index (χ1v) is 5.08. The van der Waals surface area contributed by atoms with Gasteiger partial charge in [-0.2, -0.15) is 22.0 Å². The Kier molecular flexibility index (Phi) is 3.51. The summed E-state index contributed by atoms with van der Waals surface area (Å²) in [6.45, 7) is 0. The molecule has 0 saturated heterocycles. The van der Waals surface area contributed by atoms with Crippen LogP contribution in [0.25, 0.3) is 0 Å². The van der Waals surface area contributed by atoms with E-state index in [4.69, 9.17) is 0 Å². The van der Waals surface area contributed by atoms with Crippen molar-refractivity contribution in [1.82, 2.24) is 0 Å². The molecule has 0 aliphatic heterocycles. The summed E-state index contributed by atoms with van der Waals surface area (Å²) in [5.41, 5.74) is -0.0789. The Morgan fingerprint density at radius 1 is 1.00 bits per heavy atom. The molecule has 90 valence electrons. The minimum Gasteiger partial charge on any atom is -0.300 e. The van der Waals surface area contributed by atoms with Crippen LogP contribution in [-0.4, -0.2) is 15.6 Å². The second-order valence-electron chi connectivity index (χ2n) is 2.75. The molecule has 0 amide bonds. The molecular weight excluding hydrogens is 253 g/mol. The van der Waals surface area contributed by atoms with Gasteiger partial charge in [-0.1, -0.05) is 18.2 Å². The highest BCUT2D eigenvalue weighted by molar-refractivity contribution is 7.87. The lowest BCUT2D eigenvalue weighted by Gasteiger charge is -2.19. The average Bonchev–Trinajstić information content (AvgIpc) is 2.17. The Hall–Kier alpha value is -1.18. The van der Waals surface area contributed by atoms with E-state index in [9.17, 15) is 26.2 Å². The maximum Gasteiger partial charge on any atom is 0.468 e. The van der Waals surface area contributed by atoms with Gasteiger partial charge in [-0.05, 0) is 12.1 Å². The number of benzene rings is 1. The SMILES string of the molecule is O=S(Nc1ccccc1)C(F)(F)C(F)(F)F. The van der Waals surface area contributed by atoms with Crippen molar-refractivity contribution in [2.24, 2.45) is 0 Å². The van der Waals surface area contributed by atoms with E-state index in [1.54, 1.807) is 4.72 Å². The third-order valence-electron chi connectivity index (χ3n) is 1.55. The molecule has 1 unspecified atom stereocenters. The zero-order valence-corrected chi connectivity index (χ0v) is 8.41. The Labute approximate surface area is 90.0 Å². The Morgan fingerprint density at radius 3 is 1.94 bits per heavy atom. The van der Waals surface area contributed by atoms with E-state index in [2.05, 4.69) is 0 Å². The molecule has 1 N–H and O–H groups in total. The van der Waals surface area contributed by atoms with Crippen LogP contribution in [0.3, 0.4) is 0 Å². The topological polar surface area (TPSA) is 29.1 Å². The summed E-state index contributed by atoms with van der Waals surface area (Å²) >= 11 is 0. The van der Waals surface area contributed by atoms with Crippen LogP contribution in [0.5, 0.6) is 0 Å². The standard InChI is InChI=1S/C8H6F5NOS/c9-7(10,11)8(12,13)16(15)14-6-4-2-1-3-5-6/h1-5,14H. The molecule has 0 spiro atoms. The molecule has 0 bridgehead atoms. The predicted molar refractivity (Wildman–Crippen MR) is 49.2 cm³/mol. The van der Waals surface area contributed by atoms with Gasteiger partial charge >= 0.3 is 11.4 Å². The van der Waals surface area contributed by atoms with Crippen molar-refractivity contribution in [3.8, 4) is 0 Å². The van der Waals surface area contributed by atoms with Crippen molar-refractivity contribution >= 4 is 16.7 Å². The summed E-state index contributed by atoms with van der Waals surface area (Å²) in [6.07, 6.45) is -5.85. The number of halogens is 5. The summed E-state index contributed by atoms with van der Waals surface area (Å²) < 4.78 is 72.9. The number of rotatable bonds is 3. The van der Waals surface area contributed by atoms with Crippen LogP contribution in [0.2, 0.25) is 0 Å². The molecule has 1 atom stereocenters. The fraction of sp³-hybridized carbons (Fsp3) is 0.250. The van der Waals surface area contributed by atoms with Crippen LogP contribution in [0.4, 0.5) is 27.6 Å². The lowest BCUT2D eigenvalue weighted by Crippen LogP contribution is -2.43. The molecule has 16 heavy (non-hydrogen) atoms. The largest absolute Gasteiger partial charge is 0.468 e. The molecule has 1 aromatic rings. The number of anilines is 1. The second kappa shape index (κ2) is 4.36. The van der Waals surface area contributed by atoms with Crippen LogP contribution < -0.4 is 4.72 Å². The van der Waals surface area contributed by atoms with Crippen molar-refractivity contribution in [3.05, 3.63) is 30.3 Å². The Bertz CT molecular complexity index is 378. The lowest BCUT2D eigenvalue weighted by molar-refractivity contribution is -0.239. The number of nitrogens with one attached hydrogen (secondary N) is 1. The van der Waals surface area contributed by atoms with E-state index in [1.807, 2.05) is 0 Å². The number of para-hydroxylation sites is 1. The monoisotopic (exact) mass is 259 g/mol. The molecule has 1 rings (SSSR count). The third kappa shape index (κ3) is 2.69. The van der Waals surface area contributed by atoms with E-state index in [0.717, 1.165) is 0 Å². The van der Waals surface area contributed by atoms with Gasteiger partial charge in [-0.15, -0.1) is 0 Å². The fourth-order valence-corrected chi connectivity index (χ4v) is 1.47. The Morgan fingerprint density at radius 2 is 1.50 bits per heavy atom. The number of alkyl halides is 5. The second-order valence-corrected chi connectivity index (χ2v) is 4.01. The minimum atomic E-state index is -5.85. The predicted octanol–water partition coefficient (Wildman–Crippen LogP) is 2.92. The van der Waals surface area contributed by atoms with Crippen molar-refractivity contribution in [3.63, 3.8) is 0 Å². The molecule has 0 saturated carbocycles. The van der Waals surface area contributed by atoms with Gasteiger partial charge in [0, 0.05) is 5.69 Å². The molecule has 0 aliphatic rings. The maximum atomic E-state index is 12.5. The van der Waals surface area contributed by atoms with Crippen LogP contribution >= 0.6 is 0 Å². The Balaban J connectivity index is 2.81. The maximum absolute atomic E-state index is 12.5. The molecular formula is C8H6F5NOS. The smallest absolute Gasteiger partial charge is 0.300 e. The van der Waals surface area contributed by atoms with Gasteiger partial charge in [0.1, 0.15) is 0 Å². The van der Waals surface area contributed by atoms with Gasteiger partial charge in [0.2, 0.25) is 0 Å². The van der Waals surface area contributed by atoms with Gasteiger partial charge in [0.05, 0.1) is 0 Å². The highest BCUT2D eigenvalue weighted by atomic mass is 32.2. The van der Waals surface area contributed by atoms with Gasteiger partial charge in [0.25, 0.3) is 0 Å². The molecule has 1 aromatic carbocycles. The first kappa shape index (κ1) is 12.9. The minimum absolute atomic E-state index is 0.0789. The van der Waals surface area contributed by atoms with E-state index < -0.39 is 22.4 Å². The first-order valence-electron chi connectivity index (χ1n) is 3.93. The average molecular weight is 259 g/mol. The summed E-state index contributed by atoms with van der Waals surface area (Å²) in [7, 11) is -3.56. The fourth-order valence-electron chi connectivity index (χ4n) is 0.782. The van der Waals surface area contributed by atoms with E-state index in [0.29, 0.717) is 0 Å².